The van der Waals surface area contributed by atoms with E-state index in [1.165, 1.54) is 12.4 Å². The summed E-state index contributed by atoms with van der Waals surface area (Å²) in [6.45, 7) is 0.420. The molecule has 1 aromatic heterocycles. The van der Waals surface area contributed by atoms with Gasteiger partial charge in [-0.1, -0.05) is 12.1 Å². The summed E-state index contributed by atoms with van der Waals surface area (Å²) in [6.07, 6.45) is 3.97. The van der Waals surface area contributed by atoms with E-state index < -0.39 is 6.10 Å². The molecule has 1 aliphatic rings. The van der Waals surface area contributed by atoms with E-state index in [9.17, 15) is 4.79 Å². The van der Waals surface area contributed by atoms with Crippen LogP contribution in [-0.2, 0) is 4.79 Å². The second-order valence-corrected chi connectivity index (χ2v) is 4.06. The number of aromatic nitrogens is 2. The molecule has 3 rings (SSSR count). The van der Waals surface area contributed by atoms with Crippen LogP contribution in [0.25, 0.3) is 0 Å². The van der Waals surface area contributed by atoms with Gasteiger partial charge < -0.3 is 15.4 Å². The Labute approximate surface area is 109 Å². The normalized spacial score (nSPS) is 16.7. The lowest BCUT2D eigenvalue weighted by molar-refractivity contribution is -0.122. The minimum Gasteiger partial charge on any atom is -0.477 e. The van der Waals surface area contributed by atoms with Gasteiger partial charge in [0.05, 0.1) is 18.4 Å². The smallest absolute Gasteiger partial charge is 0.268 e. The third-order valence-electron chi connectivity index (χ3n) is 2.74. The number of rotatable bonds is 2. The molecule has 0 saturated carbocycles. The predicted molar refractivity (Wildman–Crippen MR) is 70.0 cm³/mol. The van der Waals surface area contributed by atoms with Crippen molar-refractivity contribution < 1.29 is 9.53 Å². The van der Waals surface area contributed by atoms with E-state index >= 15 is 0 Å². The third kappa shape index (κ3) is 2.47. The SMILES string of the molecule is O=C(Nc1cnccn1)C1CNc2ccccc2O1. The largest absolute Gasteiger partial charge is 0.477 e. The van der Waals surface area contributed by atoms with Gasteiger partial charge in [0.2, 0.25) is 0 Å². The number of ether oxygens (including phenoxy) is 1. The van der Waals surface area contributed by atoms with Gasteiger partial charge in [-0.25, -0.2) is 4.98 Å². The number of para-hydroxylation sites is 2. The van der Waals surface area contributed by atoms with Crippen molar-refractivity contribution in [1.82, 2.24) is 9.97 Å². The average molecular weight is 256 g/mol. The molecular weight excluding hydrogens is 244 g/mol. The second kappa shape index (κ2) is 4.93. The Balaban J connectivity index is 1.70. The van der Waals surface area contributed by atoms with Crippen molar-refractivity contribution >= 4 is 17.4 Å². The average Bonchev–Trinajstić information content (AvgIpc) is 2.48. The zero-order chi connectivity index (χ0) is 13.1. The maximum absolute atomic E-state index is 12.0. The fourth-order valence-electron chi connectivity index (χ4n) is 1.83. The summed E-state index contributed by atoms with van der Waals surface area (Å²) in [5.74, 6) is 0.838. The number of carbonyl (C=O) groups excluding carboxylic acids is 1. The fraction of sp³-hybridized carbons (Fsp3) is 0.154. The van der Waals surface area contributed by atoms with Crippen LogP contribution in [0.4, 0.5) is 11.5 Å². The van der Waals surface area contributed by atoms with Crippen molar-refractivity contribution in [2.24, 2.45) is 0 Å². The van der Waals surface area contributed by atoms with Gasteiger partial charge in [-0.15, -0.1) is 0 Å². The van der Waals surface area contributed by atoms with Crippen molar-refractivity contribution in [2.75, 3.05) is 17.2 Å². The molecule has 0 aliphatic carbocycles. The van der Waals surface area contributed by atoms with Gasteiger partial charge in [-0.3, -0.25) is 9.78 Å². The molecular formula is C13H12N4O2. The quantitative estimate of drug-likeness (QED) is 0.846. The van der Waals surface area contributed by atoms with Gasteiger partial charge in [-0.05, 0) is 12.1 Å². The van der Waals surface area contributed by atoms with E-state index in [1.807, 2.05) is 24.3 Å². The fourth-order valence-corrected chi connectivity index (χ4v) is 1.83. The number of nitrogens with one attached hydrogen (secondary N) is 2. The molecule has 0 saturated heterocycles. The molecule has 1 unspecified atom stereocenters. The van der Waals surface area contributed by atoms with Crippen LogP contribution in [0.15, 0.2) is 42.9 Å². The zero-order valence-electron chi connectivity index (χ0n) is 10.0. The first-order valence-electron chi connectivity index (χ1n) is 5.89. The molecule has 6 nitrogen and oxygen atoms in total. The van der Waals surface area contributed by atoms with Crippen LogP contribution in [-0.4, -0.2) is 28.5 Å². The van der Waals surface area contributed by atoms with Crippen LogP contribution in [0.2, 0.25) is 0 Å². The van der Waals surface area contributed by atoms with Gasteiger partial charge in [-0.2, -0.15) is 0 Å². The highest BCUT2D eigenvalue weighted by molar-refractivity contribution is 5.94. The number of hydrogen-bond acceptors (Lipinski definition) is 5. The number of benzene rings is 1. The molecule has 0 radical (unpaired) electrons. The number of nitrogens with zero attached hydrogens (tertiary/aromatic N) is 2. The number of anilines is 2. The Hall–Kier alpha value is -2.63. The molecule has 0 bridgehead atoms. The van der Waals surface area contributed by atoms with Gasteiger partial charge in [0.1, 0.15) is 5.75 Å². The lowest BCUT2D eigenvalue weighted by Gasteiger charge is -2.26. The molecule has 19 heavy (non-hydrogen) atoms. The molecule has 96 valence electrons. The summed E-state index contributed by atoms with van der Waals surface area (Å²) >= 11 is 0. The highest BCUT2D eigenvalue weighted by Crippen LogP contribution is 2.28. The Bertz CT molecular complexity index is 588. The maximum Gasteiger partial charge on any atom is 0.268 e. The van der Waals surface area contributed by atoms with E-state index in [0.717, 1.165) is 5.69 Å². The summed E-state index contributed by atoms with van der Waals surface area (Å²) in [4.78, 5) is 19.9. The molecule has 2 aromatic rings. The van der Waals surface area contributed by atoms with Crippen LogP contribution in [0, 0.1) is 0 Å². The number of carbonyl (C=O) groups is 1. The van der Waals surface area contributed by atoms with E-state index in [-0.39, 0.29) is 5.91 Å². The third-order valence-corrected chi connectivity index (χ3v) is 2.74. The van der Waals surface area contributed by atoms with Crippen molar-refractivity contribution in [2.45, 2.75) is 6.10 Å². The Morgan fingerprint density at radius 1 is 1.37 bits per heavy atom. The second-order valence-electron chi connectivity index (χ2n) is 4.06. The molecule has 1 amide bonds. The lowest BCUT2D eigenvalue weighted by Crippen LogP contribution is -2.41. The van der Waals surface area contributed by atoms with Crippen molar-refractivity contribution in [3.05, 3.63) is 42.9 Å². The number of amides is 1. The minimum atomic E-state index is -0.586. The summed E-state index contributed by atoms with van der Waals surface area (Å²) in [7, 11) is 0. The minimum absolute atomic E-state index is 0.248. The molecule has 6 heteroatoms. The number of fused-ring (bicyclic) bond motifs is 1. The summed E-state index contributed by atoms with van der Waals surface area (Å²) < 4.78 is 5.64. The monoisotopic (exact) mass is 256 g/mol. The molecule has 2 N–H and O–H groups in total. The first-order valence-corrected chi connectivity index (χ1v) is 5.89. The van der Waals surface area contributed by atoms with Gasteiger partial charge in [0.15, 0.2) is 11.9 Å². The maximum atomic E-state index is 12.0. The van der Waals surface area contributed by atoms with Gasteiger partial charge >= 0.3 is 0 Å². The summed E-state index contributed by atoms with van der Waals surface area (Å²) in [5, 5.41) is 5.82. The topological polar surface area (TPSA) is 76.1 Å². The molecule has 0 spiro atoms. The Kier molecular flexibility index (Phi) is 2.97. The van der Waals surface area contributed by atoms with Crippen LogP contribution in [0.5, 0.6) is 5.75 Å². The van der Waals surface area contributed by atoms with E-state index in [2.05, 4.69) is 20.6 Å². The van der Waals surface area contributed by atoms with Gasteiger partial charge in [0, 0.05) is 12.4 Å². The molecule has 1 atom stereocenters. The standard InChI is InChI=1S/C13H12N4O2/c18-13(17-12-8-14-5-6-15-12)11-7-16-9-3-1-2-4-10(9)19-11/h1-6,8,11,16H,7H2,(H,15,17,18). The molecule has 1 aliphatic heterocycles. The van der Waals surface area contributed by atoms with Crippen molar-refractivity contribution in [3.63, 3.8) is 0 Å². The van der Waals surface area contributed by atoms with Crippen LogP contribution >= 0.6 is 0 Å². The summed E-state index contributed by atoms with van der Waals surface area (Å²) in [6, 6.07) is 7.51. The lowest BCUT2D eigenvalue weighted by atomic mass is 10.2. The van der Waals surface area contributed by atoms with Crippen LogP contribution in [0.1, 0.15) is 0 Å². The first-order chi connectivity index (χ1) is 9.33. The molecule has 2 heterocycles. The highest BCUT2D eigenvalue weighted by Gasteiger charge is 2.25. The van der Waals surface area contributed by atoms with E-state index in [4.69, 9.17) is 4.74 Å². The Morgan fingerprint density at radius 3 is 3.11 bits per heavy atom. The first kappa shape index (κ1) is 11.5. The molecule has 1 aromatic carbocycles. The van der Waals surface area contributed by atoms with E-state index in [1.54, 1.807) is 6.20 Å². The summed E-state index contributed by atoms with van der Waals surface area (Å²) in [5.41, 5.74) is 0.894. The van der Waals surface area contributed by atoms with Crippen LogP contribution in [0.3, 0.4) is 0 Å². The number of hydrogen-bond donors (Lipinski definition) is 2. The Morgan fingerprint density at radius 2 is 2.26 bits per heavy atom. The van der Waals surface area contributed by atoms with Crippen molar-refractivity contribution in [3.8, 4) is 5.75 Å². The van der Waals surface area contributed by atoms with Crippen LogP contribution < -0.4 is 15.4 Å². The van der Waals surface area contributed by atoms with Crippen molar-refractivity contribution in [1.29, 1.82) is 0 Å². The van der Waals surface area contributed by atoms with Gasteiger partial charge in [0.25, 0.3) is 5.91 Å². The predicted octanol–water partition coefficient (Wildman–Crippen LogP) is 1.29. The van der Waals surface area contributed by atoms with E-state index in [0.29, 0.717) is 18.1 Å². The molecule has 0 fully saturated rings. The zero-order valence-corrected chi connectivity index (χ0v) is 10.0. The highest BCUT2D eigenvalue weighted by atomic mass is 16.5.